The second-order valence-corrected chi connectivity index (χ2v) is 7.97. The summed E-state index contributed by atoms with van der Waals surface area (Å²) in [6, 6.07) is 5.81. The minimum absolute atomic E-state index is 0.129. The summed E-state index contributed by atoms with van der Waals surface area (Å²) >= 11 is 1.50. The van der Waals surface area contributed by atoms with Crippen molar-refractivity contribution in [2.45, 2.75) is 57.8 Å². The molecule has 3 aromatic heterocycles. The molecule has 4 heterocycles. The van der Waals surface area contributed by atoms with Gasteiger partial charge in [-0.15, -0.1) is 10.2 Å². The average molecular weight is 385 g/mol. The topological polar surface area (TPSA) is 65.8 Å². The van der Waals surface area contributed by atoms with Gasteiger partial charge in [0.05, 0.1) is 18.6 Å². The van der Waals surface area contributed by atoms with Crippen molar-refractivity contribution in [2.24, 2.45) is 0 Å². The van der Waals surface area contributed by atoms with Crippen LogP contribution in [-0.2, 0) is 19.5 Å². The number of hydrogen-bond donors (Lipinski definition) is 0. The summed E-state index contributed by atoms with van der Waals surface area (Å²) in [6.45, 7) is 5.62. The van der Waals surface area contributed by atoms with Gasteiger partial charge in [0.25, 0.3) is 0 Å². The minimum atomic E-state index is 0.129. The van der Waals surface area contributed by atoms with Crippen LogP contribution in [0.3, 0.4) is 0 Å². The molecule has 0 saturated carbocycles. The zero-order valence-corrected chi connectivity index (χ0v) is 16.6. The number of aromatic nitrogens is 4. The number of Topliss-reactive ketones (excluding diaryl/α,β-unsaturated/α-hetero) is 1. The normalized spacial score (nSPS) is 14.1. The van der Waals surface area contributed by atoms with Gasteiger partial charge in [-0.2, -0.15) is 0 Å². The fraction of sp³-hybridized carbons (Fsp3) is 0.450. The lowest BCUT2D eigenvalue weighted by atomic mass is 10.2. The van der Waals surface area contributed by atoms with Gasteiger partial charge in [0.1, 0.15) is 11.6 Å². The number of ketones is 1. The summed E-state index contributed by atoms with van der Waals surface area (Å²) in [5, 5.41) is 9.48. The molecule has 0 unspecified atom stereocenters. The Hall–Kier alpha value is -2.28. The quantitative estimate of drug-likeness (QED) is 0.474. The molecule has 27 heavy (non-hydrogen) atoms. The molecule has 1 aliphatic rings. The Kier molecular flexibility index (Phi) is 5.20. The van der Waals surface area contributed by atoms with Gasteiger partial charge in [0.2, 0.25) is 0 Å². The van der Waals surface area contributed by atoms with Crippen LogP contribution in [0.4, 0.5) is 0 Å². The van der Waals surface area contributed by atoms with E-state index in [0.29, 0.717) is 12.3 Å². The van der Waals surface area contributed by atoms with E-state index in [1.165, 1.54) is 24.6 Å². The molecule has 6 nitrogen and oxygen atoms in total. The number of aryl methyl sites for hydroxylation is 2. The van der Waals surface area contributed by atoms with Gasteiger partial charge in [-0.3, -0.25) is 4.79 Å². The standard InChI is InChI=1S/C20H24N4O2S/c1-14-11-17(15(2)24(14)12-16-7-6-10-26-16)18(25)13-27-20-22-21-19-8-4-3-5-9-23(19)20/h6-7,10-11H,3-5,8-9,12-13H2,1-2H3. The Bertz CT molecular complexity index is 940. The van der Waals surface area contributed by atoms with Crippen LogP contribution in [0.5, 0.6) is 0 Å². The molecule has 3 aromatic rings. The lowest BCUT2D eigenvalue weighted by Crippen LogP contribution is -2.08. The molecule has 0 aliphatic carbocycles. The highest BCUT2D eigenvalue weighted by Gasteiger charge is 2.19. The molecule has 0 spiro atoms. The maximum absolute atomic E-state index is 12.8. The predicted octanol–water partition coefficient (Wildman–Crippen LogP) is 4.04. The third kappa shape index (κ3) is 3.74. The van der Waals surface area contributed by atoms with Crippen molar-refractivity contribution >= 4 is 17.5 Å². The molecule has 0 amide bonds. The van der Waals surface area contributed by atoms with Crippen LogP contribution < -0.4 is 0 Å². The van der Waals surface area contributed by atoms with Gasteiger partial charge in [0, 0.05) is 29.9 Å². The van der Waals surface area contributed by atoms with Crippen molar-refractivity contribution in [1.29, 1.82) is 0 Å². The zero-order valence-electron chi connectivity index (χ0n) is 15.8. The van der Waals surface area contributed by atoms with Crippen LogP contribution in [0.15, 0.2) is 34.0 Å². The molecular formula is C20H24N4O2S. The number of nitrogens with zero attached hydrogens (tertiary/aromatic N) is 4. The van der Waals surface area contributed by atoms with Crippen molar-refractivity contribution in [1.82, 2.24) is 19.3 Å². The van der Waals surface area contributed by atoms with Gasteiger partial charge in [-0.05, 0) is 44.9 Å². The first-order valence-corrected chi connectivity index (χ1v) is 10.4. The lowest BCUT2D eigenvalue weighted by Gasteiger charge is -2.08. The van der Waals surface area contributed by atoms with Gasteiger partial charge in [-0.25, -0.2) is 0 Å². The molecule has 0 bridgehead atoms. The summed E-state index contributed by atoms with van der Waals surface area (Å²) in [6.07, 6.45) is 6.21. The first kappa shape index (κ1) is 18.1. The van der Waals surface area contributed by atoms with Gasteiger partial charge in [-0.1, -0.05) is 18.2 Å². The Balaban J connectivity index is 1.47. The highest BCUT2D eigenvalue weighted by molar-refractivity contribution is 7.99. The largest absolute Gasteiger partial charge is 0.467 e. The Morgan fingerprint density at radius 1 is 1.26 bits per heavy atom. The first-order chi connectivity index (χ1) is 13.1. The van der Waals surface area contributed by atoms with Crippen molar-refractivity contribution in [3.8, 4) is 0 Å². The van der Waals surface area contributed by atoms with Gasteiger partial charge < -0.3 is 13.6 Å². The fourth-order valence-electron chi connectivity index (χ4n) is 3.66. The number of carbonyl (C=O) groups is 1. The molecular weight excluding hydrogens is 360 g/mol. The van der Waals surface area contributed by atoms with Crippen molar-refractivity contribution in [3.05, 3.63) is 53.0 Å². The highest BCUT2D eigenvalue weighted by Crippen LogP contribution is 2.24. The zero-order chi connectivity index (χ0) is 18.8. The van der Waals surface area contributed by atoms with E-state index in [-0.39, 0.29) is 5.78 Å². The smallest absolute Gasteiger partial charge is 0.191 e. The number of furan rings is 1. The molecule has 7 heteroatoms. The van der Waals surface area contributed by atoms with Crippen molar-refractivity contribution < 1.29 is 9.21 Å². The summed E-state index contributed by atoms with van der Waals surface area (Å²) in [5.41, 5.74) is 2.82. The highest BCUT2D eigenvalue weighted by atomic mass is 32.2. The maximum Gasteiger partial charge on any atom is 0.191 e. The number of fused-ring (bicyclic) bond motifs is 1. The summed E-state index contributed by atoms with van der Waals surface area (Å²) in [4.78, 5) is 12.8. The van der Waals surface area contributed by atoms with Gasteiger partial charge >= 0.3 is 0 Å². The second-order valence-electron chi connectivity index (χ2n) is 7.02. The van der Waals surface area contributed by atoms with E-state index in [4.69, 9.17) is 4.42 Å². The monoisotopic (exact) mass is 384 g/mol. The van der Waals surface area contributed by atoms with Gasteiger partial charge in [0.15, 0.2) is 10.9 Å². The molecule has 142 valence electrons. The average Bonchev–Trinajstić information content (AvgIpc) is 3.33. The number of thioether (sulfide) groups is 1. The van der Waals surface area contributed by atoms with E-state index < -0.39 is 0 Å². The molecule has 0 radical (unpaired) electrons. The van der Waals surface area contributed by atoms with Crippen LogP contribution in [0.2, 0.25) is 0 Å². The SMILES string of the molecule is Cc1cc(C(=O)CSc2nnc3n2CCCCC3)c(C)n1Cc1ccco1. The molecule has 4 rings (SSSR count). The lowest BCUT2D eigenvalue weighted by molar-refractivity contribution is 0.102. The van der Waals surface area contributed by atoms with Crippen LogP contribution in [-0.4, -0.2) is 30.9 Å². The molecule has 1 aliphatic heterocycles. The van der Waals surface area contributed by atoms with Crippen molar-refractivity contribution in [3.63, 3.8) is 0 Å². The molecule has 0 aromatic carbocycles. The summed E-state index contributed by atoms with van der Waals surface area (Å²) in [7, 11) is 0. The molecule has 0 fully saturated rings. The molecule has 0 atom stereocenters. The first-order valence-electron chi connectivity index (χ1n) is 9.40. The third-order valence-electron chi connectivity index (χ3n) is 5.18. The Labute approximate surface area is 163 Å². The molecule has 0 saturated heterocycles. The second kappa shape index (κ2) is 7.76. The van der Waals surface area contributed by atoms with Crippen molar-refractivity contribution in [2.75, 3.05) is 5.75 Å². The van der Waals surface area contributed by atoms with E-state index in [0.717, 1.165) is 53.1 Å². The third-order valence-corrected chi connectivity index (χ3v) is 6.14. The summed E-state index contributed by atoms with van der Waals surface area (Å²) < 4.78 is 9.76. The minimum Gasteiger partial charge on any atom is -0.467 e. The van der Waals surface area contributed by atoms with E-state index >= 15 is 0 Å². The Morgan fingerprint density at radius 2 is 2.15 bits per heavy atom. The van der Waals surface area contributed by atoms with E-state index in [1.807, 2.05) is 32.0 Å². The van der Waals surface area contributed by atoms with E-state index in [9.17, 15) is 4.79 Å². The van der Waals surface area contributed by atoms with Crippen LogP contribution in [0, 0.1) is 13.8 Å². The van der Waals surface area contributed by atoms with Crippen LogP contribution in [0.1, 0.15) is 52.6 Å². The number of hydrogen-bond acceptors (Lipinski definition) is 5. The number of carbonyl (C=O) groups excluding carboxylic acids is 1. The fourth-order valence-corrected chi connectivity index (χ4v) is 4.52. The van der Waals surface area contributed by atoms with E-state index in [1.54, 1.807) is 6.26 Å². The van der Waals surface area contributed by atoms with Crippen LogP contribution in [0.25, 0.3) is 0 Å². The number of rotatable bonds is 6. The van der Waals surface area contributed by atoms with E-state index in [2.05, 4.69) is 19.3 Å². The summed E-state index contributed by atoms with van der Waals surface area (Å²) in [5.74, 6) is 2.45. The Morgan fingerprint density at radius 3 is 2.96 bits per heavy atom. The predicted molar refractivity (Wildman–Crippen MR) is 104 cm³/mol. The van der Waals surface area contributed by atoms with Crippen LogP contribution >= 0.6 is 11.8 Å². The molecule has 0 N–H and O–H groups in total. The maximum atomic E-state index is 12.8.